The van der Waals surface area contributed by atoms with Crippen LogP contribution in [0.2, 0.25) is 0 Å². The molecule has 1 aliphatic carbocycles. The first-order valence-electron chi connectivity index (χ1n) is 6.34. The number of hydrogen-bond donors (Lipinski definition) is 1. The molecule has 0 aliphatic heterocycles. The summed E-state index contributed by atoms with van der Waals surface area (Å²) in [7, 11) is 0. The Kier molecular flexibility index (Phi) is 3.69. The SMILES string of the molecule is CCC1(NC(=O)c2cc(F)c([N+](=O)[O-])cc2F)CCC1. The average Bonchev–Trinajstić information content (AvgIpc) is 2.35. The number of carbonyl (C=O) groups excluding carboxylic acids is 1. The number of benzene rings is 1. The maximum Gasteiger partial charge on any atom is 0.307 e. The maximum atomic E-state index is 13.7. The summed E-state index contributed by atoms with van der Waals surface area (Å²) in [5.74, 6) is -3.06. The molecule has 1 aromatic carbocycles. The van der Waals surface area contributed by atoms with Crippen molar-refractivity contribution in [3.63, 3.8) is 0 Å². The minimum Gasteiger partial charge on any atom is -0.347 e. The molecule has 0 atom stereocenters. The molecule has 0 unspecified atom stereocenters. The Hall–Kier alpha value is -2.05. The molecule has 0 spiro atoms. The van der Waals surface area contributed by atoms with E-state index in [1.807, 2.05) is 6.92 Å². The summed E-state index contributed by atoms with van der Waals surface area (Å²) in [4.78, 5) is 21.4. The van der Waals surface area contributed by atoms with Gasteiger partial charge in [0, 0.05) is 5.54 Å². The van der Waals surface area contributed by atoms with Gasteiger partial charge >= 0.3 is 5.69 Å². The second kappa shape index (κ2) is 5.15. The highest BCUT2D eigenvalue weighted by Gasteiger charge is 2.37. The molecule has 5 nitrogen and oxygen atoms in total. The predicted octanol–water partition coefficient (Wildman–Crippen LogP) is 2.94. The van der Waals surface area contributed by atoms with Gasteiger partial charge in [0.15, 0.2) is 0 Å². The third-order valence-electron chi connectivity index (χ3n) is 3.84. The number of rotatable bonds is 4. The first-order valence-corrected chi connectivity index (χ1v) is 6.34. The van der Waals surface area contributed by atoms with Crippen LogP contribution in [-0.4, -0.2) is 16.4 Å². The fourth-order valence-corrected chi connectivity index (χ4v) is 2.33. The van der Waals surface area contributed by atoms with Crippen molar-refractivity contribution in [1.82, 2.24) is 5.32 Å². The number of hydrogen-bond acceptors (Lipinski definition) is 3. The van der Waals surface area contributed by atoms with E-state index >= 15 is 0 Å². The summed E-state index contributed by atoms with van der Waals surface area (Å²) < 4.78 is 27.2. The predicted molar refractivity (Wildman–Crippen MR) is 67.4 cm³/mol. The van der Waals surface area contributed by atoms with Crippen LogP contribution < -0.4 is 5.32 Å². The lowest BCUT2D eigenvalue weighted by atomic mass is 9.74. The summed E-state index contributed by atoms with van der Waals surface area (Å²) in [5.41, 5.74) is -1.84. The standard InChI is InChI=1S/C13H14F2N2O3/c1-2-13(4-3-5-13)16-12(18)8-6-10(15)11(17(19)20)7-9(8)14/h6-7H,2-5H2,1H3,(H,16,18). The molecule has 0 aromatic heterocycles. The van der Waals surface area contributed by atoms with Gasteiger partial charge in [0.25, 0.3) is 5.91 Å². The summed E-state index contributed by atoms with van der Waals surface area (Å²) in [6, 6.07) is 1.01. The number of nitro benzene ring substituents is 1. The van der Waals surface area contributed by atoms with Crippen LogP contribution in [-0.2, 0) is 0 Å². The van der Waals surface area contributed by atoms with E-state index in [-0.39, 0.29) is 5.54 Å². The van der Waals surface area contributed by atoms with E-state index in [4.69, 9.17) is 0 Å². The van der Waals surface area contributed by atoms with Crippen molar-refractivity contribution in [2.45, 2.75) is 38.1 Å². The van der Waals surface area contributed by atoms with Crippen LogP contribution in [0.5, 0.6) is 0 Å². The van der Waals surface area contributed by atoms with Gasteiger partial charge in [0.2, 0.25) is 5.82 Å². The molecule has 7 heteroatoms. The Bertz CT molecular complexity index is 565. The Morgan fingerprint density at radius 3 is 2.50 bits per heavy atom. The molecule has 1 aliphatic rings. The Morgan fingerprint density at radius 2 is 2.05 bits per heavy atom. The Balaban J connectivity index is 2.26. The van der Waals surface area contributed by atoms with Gasteiger partial charge in [0.05, 0.1) is 16.6 Å². The topological polar surface area (TPSA) is 72.2 Å². The van der Waals surface area contributed by atoms with Crippen molar-refractivity contribution in [2.24, 2.45) is 0 Å². The van der Waals surface area contributed by atoms with Crippen molar-refractivity contribution in [3.8, 4) is 0 Å². The number of amides is 1. The monoisotopic (exact) mass is 284 g/mol. The minimum atomic E-state index is -1.22. The van der Waals surface area contributed by atoms with Crippen LogP contribution in [0, 0.1) is 21.7 Å². The quantitative estimate of drug-likeness (QED) is 0.682. The molecule has 1 aromatic rings. The van der Waals surface area contributed by atoms with E-state index < -0.39 is 33.7 Å². The van der Waals surface area contributed by atoms with Crippen molar-refractivity contribution < 1.29 is 18.5 Å². The lowest BCUT2D eigenvalue weighted by Crippen LogP contribution is -2.53. The smallest absolute Gasteiger partial charge is 0.307 e. The fourth-order valence-electron chi connectivity index (χ4n) is 2.33. The van der Waals surface area contributed by atoms with Crippen LogP contribution in [0.3, 0.4) is 0 Å². The molecule has 0 saturated heterocycles. The zero-order valence-corrected chi connectivity index (χ0v) is 10.9. The third-order valence-corrected chi connectivity index (χ3v) is 3.84. The molecule has 0 radical (unpaired) electrons. The molecular weight excluding hydrogens is 270 g/mol. The maximum absolute atomic E-state index is 13.7. The zero-order chi connectivity index (χ0) is 14.9. The number of carbonyl (C=O) groups is 1. The third kappa shape index (κ3) is 2.48. The average molecular weight is 284 g/mol. The molecule has 20 heavy (non-hydrogen) atoms. The van der Waals surface area contributed by atoms with E-state index in [2.05, 4.69) is 5.32 Å². The lowest BCUT2D eigenvalue weighted by Gasteiger charge is -2.42. The summed E-state index contributed by atoms with van der Waals surface area (Å²) in [6.45, 7) is 1.91. The van der Waals surface area contributed by atoms with Gasteiger partial charge < -0.3 is 5.32 Å². The molecule has 0 bridgehead atoms. The molecule has 1 fully saturated rings. The highest BCUT2D eigenvalue weighted by Crippen LogP contribution is 2.35. The van der Waals surface area contributed by atoms with Crippen molar-refractivity contribution in [3.05, 3.63) is 39.4 Å². The van der Waals surface area contributed by atoms with Crippen molar-refractivity contribution >= 4 is 11.6 Å². The second-order valence-electron chi connectivity index (χ2n) is 4.98. The molecule has 1 N–H and O–H groups in total. The van der Waals surface area contributed by atoms with E-state index in [1.54, 1.807) is 0 Å². The highest BCUT2D eigenvalue weighted by molar-refractivity contribution is 5.95. The first kappa shape index (κ1) is 14.4. The first-order chi connectivity index (χ1) is 9.38. The number of nitro groups is 1. The molecule has 108 valence electrons. The van der Waals surface area contributed by atoms with E-state index in [9.17, 15) is 23.7 Å². The van der Waals surface area contributed by atoms with Crippen molar-refractivity contribution in [1.29, 1.82) is 0 Å². The molecule has 2 rings (SSSR count). The van der Waals surface area contributed by atoms with Gasteiger partial charge in [-0.1, -0.05) is 6.92 Å². The summed E-state index contributed by atoms with van der Waals surface area (Å²) >= 11 is 0. The van der Waals surface area contributed by atoms with E-state index in [0.717, 1.165) is 19.3 Å². The van der Waals surface area contributed by atoms with Gasteiger partial charge in [-0.3, -0.25) is 14.9 Å². The fraction of sp³-hybridized carbons (Fsp3) is 0.462. The van der Waals surface area contributed by atoms with E-state index in [1.165, 1.54) is 0 Å². The largest absolute Gasteiger partial charge is 0.347 e. The minimum absolute atomic E-state index is 0.359. The zero-order valence-electron chi connectivity index (χ0n) is 10.9. The highest BCUT2D eigenvalue weighted by atomic mass is 19.1. The molecule has 0 heterocycles. The Labute approximate surface area is 114 Å². The summed E-state index contributed by atoms with van der Waals surface area (Å²) in [5, 5.41) is 13.2. The number of nitrogens with one attached hydrogen (secondary N) is 1. The van der Waals surface area contributed by atoms with Crippen LogP contribution in [0.25, 0.3) is 0 Å². The summed E-state index contributed by atoms with van der Waals surface area (Å²) in [6.07, 6.45) is 3.28. The number of nitrogens with zero attached hydrogens (tertiary/aromatic N) is 1. The van der Waals surface area contributed by atoms with Gasteiger partial charge in [-0.15, -0.1) is 0 Å². The van der Waals surface area contributed by atoms with Gasteiger partial charge in [0.1, 0.15) is 5.82 Å². The Morgan fingerprint density at radius 1 is 1.40 bits per heavy atom. The number of halogens is 2. The van der Waals surface area contributed by atoms with Gasteiger partial charge in [-0.25, -0.2) is 4.39 Å². The normalized spacial score (nSPS) is 16.4. The van der Waals surface area contributed by atoms with Crippen LogP contribution >= 0.6 is 0 Å². The van der Waals surface area contributed by atoms with Gasteiger partial charge in [-0.2, -0.15) is 4.39 Å². The van der Waals surface area contributed by atoms with E-state index in [0.29, 0.717) is 18.6 Å². The van der Waals surface area contributed by atoms with Crippen LogP contribution in [0.1, 0.15) is 43.0 Å². The molecule has 1 saturated carbocycles. The lowest BCUT2D eigenvalue weighted by molar-refractivity contribution is -0.387. The molecular formula is C13H14F2N2O3. The van der Waals surface area contributed by atoms with Crippen molar-refractivity contribution in [2.75, 3.05) is 0 Å². The van der Waals surface area contributed by atoms with Crippen LogP contribution in [0.15, 0.2) is 12.1 Å². The second-order valence-corrected chi connectivity index (χ2v) is 4.98. The van der Waals surface area contributed by atoms with Gasteiger partial charge in [-0.05, 0) is 31.7 Å². The molecule has 1 amide bonds. The van der Waals surface area contributed by atoms with Crippen LogP contribution in [0.4, 0.5) is 14.5 Å².